The molecule has 0 aliphatic heterocycles. The summed E-state index contributed by atoms with van der Waals surface area (Å²) in [5, 5.41) is 2.88. The zero-order valence-corrected chi connectivity index (χ0v) is 15.6. The minimum absolute atomic E-state index is 0.139. The van der Waals surface area contributed by atoms with Crippen LogP contribution in [0.1, 0.15) is 30.0 Å². The molecule has 0 unspecified atom stereocenters. The fourth-order valence-corrected chi connectivity index (χ4v) is 3.74. The molecule has 0 saturated heterocycles. The Morgan fingerprint density at radius 2 is 2.00 bits per heavy atom. The van der Waals surface area contributed by atoms with Gasteiger partial charge in [0.25, 0.3) is 0 Å². The number of hydrogen-bond donors (Lipinski definition) is 1. The third kappa shape index (κ3) is 7.26. The molecule has 22 heavy (non-hydrogen) atoms. The van der Waals surface area contributed by atoms with Gasteiger partial charge in [0.1, 0.15) is 9.84 Å². The number of carbonyl (C=O) groups is 1. The first-order chi connectivity index (χ1) is 9.98. The molecule has 1 heterocycles. The molecule has 0 bridgehead atoms. The van der Waals surface area contributed by atoms with Gasteiger partial charge in [-0.1, -0.05) is 13.8 Å². The van der Waals surface area contributed by atoms with Crippen LogP contribution in [0, 0.1) is 12.3 Å². The molecule has 7 heteroatoms. The third-order valence-corrected chi connectivity index (χ3v) is 5.33. The van der Waals surface area contributed by atoms with Crippen LogP contribution in [-0.2, 0) is 16.4 Å². The van der Waals surface area contributed by atoms with Gasteiger partial charge >= 0.3 is 6.03 Å². The highest BCUT2D eigenvalue weighted by Gasteiger charge is 2.22. The molecule has 1 N–H and O–H groups in total. The summed E-state index contributed by atoms with van der Waals surface area (Å²) in [6.07, 6.45) is 1.76. The number of aryl methyl sites for hydroxylation is 1. The lowest BCUT2D eigenvalue weighted by Gasteiger charge is -2.26. The van der Waals surface area contributed by atoms with Gasteiger partial charge in [0.15, 0.2) is 0 Å². The number of rotatable bonds is 7. The van der Waals surface area contributed by atoms with Gasteiger partial charge in [-0.05, 0) is 30.9 Å². The molecule has 2 amide bonds. The number of sulfone groups is 1. The Kier molecular flexibility index (Phi) is 6.43. The highest BCUT2D eigenvalue weighted by atomic mass is 32.2. The Balaban J connectivity index is 2.43. The maximum atomic E-state index is 12.1. The minimum atomic E-state index is -2.97. The van der Waals surface area contributed by atoms with E-state index in [1.807, 2.05) is 32.9 Å². The van der Waals surface area contributed by atoms with Crippen LogP contribution in [-0.4, -0.2) is 44.9 Å². The molecule has 126 valence electrons. The Labute approximate surface area is 137 Å². The molecule has 0 aliphatic rings. The topological polar surface area (TPSA) is 66.5 Å². The lowest BCUT2D eigenvalue weighted by Crippen LogP contribution is -2.41. The summed E-state index contributed by atoms with van der Waals surface area (Å²) in [6.45, 7) is 6.99. The normalized spacial score (nSPS) is 12.2. The van der Waals surface area contributed by atoms with Crippen LogP contribution < -0.4 is 5.32 Å². The van der Waals surface area contributed by atoms with Crippen molar-refractivity contribution in [2.75, 3.05) is 25.6 Å². The van der Waals surface area contributed by atoms with Crippen LogP contribution in [0.15, 0.2) is 12.1 Å². The van der Waals surface area contributed by atoms with Crippen molar-refractivity contribution in [2.45, 2.75) is 33.7 Å². The first kappa shape index (κ1) is 19.0. The van der Waals surface area contributed by atoms with Crippen molar-refractivity contribution >= 4 is 27.2 Å². The Morgan fingerprint density at radius 3 is 2.50 bits per heavy atom. The van der Waals surface area contributed by atoms with Crippen molar-refractivity contribution in [2.24, 2.45) is 5.41 Å². The van der Waals surface area contributed by atoms with E-state index in [0.717, 1.165) is 4.88 Å². The first-order valence-corrected chi connectivity index (χ1v) is 10.1. The lowest BCUT2D eigenvalue weighted by molar-refractivity contribution is 0.200. The fraction of sp³-hybridized carbons (Fsp3) is 0.667. The Bertz CT molecular complexity index is 606. The highest BCUT2D eigenvalue weighted by molar-refractivity contribution is 7.90. The van der Waals surface area contributed by atoms with Gasteiger partial charge in [-0.15, -0.1) is 11.3 Å². The Hall–Kier alpha value is -1.08. The van der Waals surface area contributed by atoms with Gasteiger partial charge in [0.05, 0.1) is 12.3 Å². The van der Waals surface area contributed by atoms with E-state index in [1.165, 1.54) is 11.1 Å². The van der Waals surface area contributed by atoms with Gasteiger partial charge in [-0.25, -0.2) is 13.2 Å². The predicted molar refractivity (Wildman–Crippen MR) is 92.0 cm³/mol. The summed E-state index contributed by atoms with van der Waals surface area (Å²) in [6, 6.07) is 3.93. The quantitative estimate of drug-likeness (QED) is 0.825. The monoisotopic (exact) mass is 346 g/mol. The summed E-state index contributed by atoms with van der Waals surface area (Å²) in [5.74, 6) is 0.139. The average molecular weight is 347 g/mol. The SMILES string of the molecule is Cc1ccc(CN(C)C(=O)NCC(C)(C)CCS(C)(=O)=O)s1. The molecule has 0 spiro atoms. The van der Waals surface area contributed by atoms with Crippen molar-refractivity contribution < 1.29 is 13.2 Å². The molecule has 0 fully saturated rings. The van der Waals surface area contributed by atoms with E-state index >= 15 is 0 Å². The second kappa shape index (κ2) is 7.46. The van der Waals surface area contributed by atoms with Gasteiger partial charge < -0.3 is 10.2 Å². The van der Waals surface area contributed by atoms with Crippen LogP contribution >= 0.6 is 11.3 Å². The zero-order chi connectivity index (χ0) is 17.0. The highest BCUT2D eigenvalue weighted by Crippen LogP contribution is 2.20. The van der Waals surface area contributed by atoms with Crippen LogP contribution in [0.25, 0.3) is 0 Å². The summed E-state index contributed by atoms with van der Waals surface area (Å²) in [5.41, 5.74) is -0.251. The number of thiophene rings is 1. The number of nitrogens with one attached hydrogen (secondary N) is 1. The van der Waals surface area contributed by atoms with Crippen LogP contribution in [0.5, 0.6) is 0 Å². The van der Waals surface area contributed by atoms with E-state index in [4.69, 9.17) is 0 Å². The predicted octanol–water partition coefficient (Wildman–Crippen LogP) is 2.66. The molecular formula is C15H26N2O3S2. The van der Waals surface area contributed by atoms with E-state index in [-0.39, 0.29) is 17.2 Å². The van der Waals surface area contributed by atoms with Crippen molar-refractivity contribution in [3.63, 3.8) is 0 Å². The van der Waals surface area contributed by atoms with Crippen molar-refractivity contribution in [1.82, 2.24) is 10.2 Å². The van der Waals surface area contributed by atoms with E-state index in [2.05, 4.69) is 5.32 Å². The summed E-state index contributed by atoms with van der Waals surface area (Å²) in [4.78, 5) is 16.1. The van der Waals surface area contributed by atoms with E-state index in [9.17, 15) is 13.2 Å². The fourth-order valence-electron chi connectivity index (χ4n) is 1.88. The number of carbonyl (C=O) groups excluding carboxylic acids is 1. The summed E-state index contributed by atoms with van der Waals surface area (Å²) < 4.78 is 22.5. The maximum Gasteiger partial charge on any atom is 0.317 e. The molecule has 0 radical (unpaired) electrons. The molecule has 0 saturated carbocycles. The molecule has 0 aromatic carbocycles. The number of hydrogen-bond acceptors (Lipinski definition) is 4. The zero-order valence-electron chi connectivity index (χ0n) is 14.0. The second-order valence-corrected chi connectivity index (χ2v) is 10.2. The van der Waals surface area contributed by atoms with Gasteiger partial charge in [0.2, 0.25) is 0 Å². The molecule has 0 atom stereocenters. The summed E-state index contributed by atoms with van der Waals surface area (Å²) >= 11 is 1.68. The average Bonchev–Trinajstić information content (AvgIpc) is 2.78. The number of urea groups is 1. The van der Waals surface area contributed by atoms with Crippen molar-refractivity contribution in [3.8, 4) is 0 Å². The largest absolute Gasteiger partial charge is 0.337 e. The molecule has 5 nitrogen and oxygen atoms in total. The third-order valence-electron chi connectivity index (χ3n) is 3.40. The van der Waals surface area contributed by atoms with E-state index < -0.39 is 9.84 Å². The van der Waals surface area contributed by atoms with Gasteiger partial charge in [-0.2, -0.15) is 0 Å². The van der Waals surface area contributed by atoms with Crippen LogP contribution in [0.2, 0.25) is 0 Å². The van der Waals surface area contributed by atoms with Gasteiger partial charge in [0, 0.05) is 29.6 Å². The van der Waals surface area contributed by atoms with Crippen molar-refractivity contribution in [1.29, 1.82) is 0 Å². The van der Waals surface area contributed by atoms with Crippen LogP contribution in [0.3, 0.4) is 0 Å². The summed E-state index contributed by atoms with van der Waals surface area (Å²) in [7, 11) is -1.21. The molecule has 0 aliphatic carbocycles. The lowest BCUT2D eigenvalue weighted by atomic mass is 9.90. The standard InChI is InChI=1S/C15H26N2O3S2/c1-12-6-7-13(21-12)10-17(4)14(18)16-11-15(2,3)8-9-22(5,19)20/h6-7H,8-11H2,1-5H3,(H,16,18). The van der Waals surface area contributed by atoms with E-state index in [0.29, 0.717) is 19.5 Å². The number of amides is 2. The van der Waals surface area contributed by atoms with Crippen LogP contribution in [0.4, 0.5) is 4.79 Å². The first-order valence-electron chi connectivity index (χ1n) is 7.20. The molecule has 1 aromatic heterocycles. The maximum absolute atomic E-state index is 12.1. The van der Waals surface area contributed by atoms with E-state index in [1.54, 1.807) is 23.3 Å². The van der Waals surface area contributed by atoms with Gasteiger partial charge in [-0.3, -0.25) is 0 Å². The molecular weight excluding hydrogens is 320 g/mol. The molecule has 1 aromatic rings. The van der Waals surface area contributed by atoms with Crippen molar-refractivity contribution in [3.05, 3.63) is 21.9 Å². The smallest absolute Gasteiger partial charge is 0.317 e. The molecule has 1 rings (SSSR count). The minimum Gasteiger partial charge on any atom is -0.337 e. The number of nitrogens with zero attached hydrogens (tertiary/aromatic N) is 1. The Morgan fingerprint density at radius 1 is 1.36 bits per heavy atom. The second-order valence-electron chi connectivity index (χ2n) is 6.57.